The lowest BCUT2D eigenvalue weighted by Gasteiger charge is -2.35. The van der Waals surface area contributed by atoms with Crippen molar-refractivity contribution in [2.24, 2.45) is 4.99 Å². The number of hydroxylamine groups is 2. The predicted molar refractivity (Wildman–Crippen MR) is 51.2 cm³/mol. The van der Waals surface area contributed by atoms with Gasteiger partial charge in [-0.05, 0) is 26.5 Å². The highest BCUT2D eigenvalue weighted by Crippen LogP contribution is 2.16. The molecule has 4 heteroatoms. The van der Waals surface area contributed by atoms with E-state index >= 15 is 0 Å². The fraction of sp³-hybridized carbons (Fsp3) is 0.556. The lowest BCUT2D eigenvalue weighted by molar-refractivity contribution is 0.362. The van der Waals surface area contributed by atoms with Crippen LogP contribution in [-0.2, 0) is 0 Å². The van der Waals surface area contributed by atoms with E-state index in [2.05, 4.69) is 4.99 Å². The monoisotopic (exact) mass is 178 g/mol. The second-order valence-electron chi connectivity index (χ2n) is 3.17. The molecule has 1 rings (SSSR count). The highest BCUT2D eigenvalue weighted by Gasteiger charge is 2.22. The Morgan fingerprint density at radius 2 is 2.23 bits per heavy atom. The summed E-state index contributed by atoms with van der Waals surface area (Å²) < 4.78 is 0. The van der Waals surface area contributed by atoms with Crippen LogP contribution in [0.5, 0.6) is 0 Å². The molecule has 0 aliphatic carbocycles. The minimum atomic E-state index is -0.564. The Bertz CT molecular complexity index is 298. The molecule has 0 N–H and O–H groups in total. The van der Waals surface area contributed by atoms with Gasteiger partial charge in [-0.25, -0.2) is 0 Å². The molecule has 0 bridgehead atoms. The summed E-state index contributed by atoms with van der Waals surface area (Å²) >= 11 is 0. The van der Waals surface area contributed by atoms with Gasteiger partial charge in [0, 0.05) is 5.71 Å². The highest BCUT2D eigenvalue weighted by atomic mass is 16.5. The first-order valence-corrected chi connectivity index (χ1v) is 4.09. The second kappa shape index (κ2) is 3.69. The Morgan fingerprint density at radius 3 is 2.69 bits per heavy atom. The van der Waals surface area contributed by atoms with Gasteiger partial charge in [-0.3, -0.25) is 4.99 Å². The molecular formula is C9H12N3O-. The SMILES string of the molecule is CC1=CC(N(C)[O-])C(C#N)N=C1C. The van der Waals surface area contributed by atoms with Gasteiger partial charge < -0.3 is 10.3 Å². The fourth-order valence-corrected chi connectivity index (χ4v) is 1.26. The van der Waals surface area contributed by atoms with E-state index in [4.69, 9.17) is 5.26 Å². The molecule has 70 valence electrons. The van der Waals surface area contributed by atoms with Crippen LogP contribution in [0.15, 0.2) is 16.6 Å². The minimum Gasteiger partial charge on any atom is -0.785 e. The zero-order chi connectivity index (χ0) is 10.0. The van der Waals surface area contributed by atoms with E-state index in [-0.39, 0.29) is 0 Å². The van der Waals surface area contributed by atoms with Gasteiger partial charge in [0.25, 0.3) is 0 Å². The van der Waals surface area contributed by atoms with E-state index in [0.717, 1.165) is 16.3 Å². The van der Waals surface area contributed by atoms with Crippen molar-refractivity contribution in [3.05, 3.63) is 16.9 Å². The molecule has 2 atom stereocenters. The van der Waals surface area contributed by atoms with Crippen molar-refractivity contribution in [1.29, 1.82) is 5.26 Å². The number of likely N-dealkylation sites (N-methyl/N-ethyl adjacent to an activating group) is 1. The third-order valence-corrected chi connectivity index (χ3v) is 2.20. The van der Waals surface area contributed by atoms with E-state index in [0.29, 0.717) is 0 Å². The summed E-state index contributed by atoms with van der Waals surface area (Å²) in [6, 6.07) is 1.01. The number of hydrogen-bond donors (Lipinski definition) is 0. The van der Waals surface area contributed by atoms with Gasteiger partial charge in [-0.2, -0.15) is 5.26 Å². The maximum Gasteiger partial charge on any atom is 0.154 e. The van der Waals surface area contributed by atoms with Crippen LogP contribution < -0.4 is 0 Å². The maximum absolute atomic E-state index is 11.1. The van der Waals surface area contributed by atoms with Crippen molar-refractivity contribution in [3.63, 3.8) is 0 Å². The Labute approximate surface area is 77.8 Å². The Kier molecular flexibility index (Phi) is 2.81. The van der Waals surface area contributed by atoms with Crippen LogP contribution in [0.2, 0.25) is 0 Å². The van der Waals surface area contributed by atoms with Crippen LogP contribution >= 0.6 is 0 Å². The molecule has 13 heavy (non-hydrogen) atoms. The first-order chi connectivity index (χ1) is 6.06. The molecule has 0 fully saturated rings. The largest absolute Gasteiger partial charge is 0.785 e. The zero-order valence-corrected chi connectivity index (χ0v) is 7.98. The third-order valence-electron chi connectivity index (χ3n) is 2.20. The van der Waals surface area contributed by atoms with Crippen LogP contribution in [0.3, 0.4) is 0 Å². The van der Waals surface area contributed by atoms with Crippen molar-refractivity contribution < 1.29 is 0 Å². The van der Waals surface area contributed by atoms with Crippen molar-refractivity contribution in [3.8, 4) is 6.07 Å². The average molecular weight is 178 g/mol. The number of dihydropyridines is 1. The van der Waals surface area contributed by atoms with Gasteiger partial charge in [-0.15, -0.1) is 0 Å². The average Bonchev–Trinajstić information content (AvgIpc) is 2.08. The van der Waals surface area contributed by atoms with Crippen LogP contribution in [0.25, 0.3) is 0 Å². The number of hydrogen-bond acceptors (Lipinski definition) is 4. The summed E-state index contributed by atoms with van der Waals surface area (Å²) in [6.45, 7) is 3.74. The predicted octanol–water partition coefficient (Wildman–Crippen LogP) is 1.10. The molecule has 0 saturated heterocycles. The maximum atomic E-state index is 11.1. The molecular weight excluding hydrogens is 166 g/mol. The first kappa shape index (κ1) is 9.90. The number of aliphatic imine (C=N–C) groups is 1. The van der Waals surface area contributed by atoms with Crippen LogP contribution in [0.1, 0.15) is 13.8 Å². The van der Waals surface area contributed by atoms with Crippen LogP contribution in [0.4, 0.5) is 0 Å². The van der Waals surface area contributed by atoms with E-state index in [1.165, 1.54) is 7.05 Å². The summed E-state index contributed by atoms with van der Waals surface area (Å²) in [7, 11) is 1.41. The molecule has 0 aromatic heterocycles. The molecule has 0 amide bonds. The van der Waals surface area contributed by atoms with Gasteiger partial charge in [-0.1, -0.05) is 6.08 Å². The topological polar surface area (TPSA) is 62.4 Å². The lowest BCUT2D eigenvalue weighted by Crippen LogP contribution is -2.37. The Balaban J connectivity index is 2.95. The summed E-state index contributed by atoms with van der Waals surface area (Å²) in [6.07, 6.45) is 1.79. The Hall–Kier alpha value is -1.18. The highest BCUT2D eigenvalue weighted by molar-refractivity contribution is 5.98. The molecule has 0 radical (unpaired) electrons. The molecule has 0 saturated carbocycles. The van der Waals surface area contributed by atoms with E-state index in [1.54, 1.807) is 6.08 Å². The standard InChI is InChI=1S/C9H12N3O/c1-6-4-9(12(3)13)8(5-10)11-7(6)2/h4,8-9H,1-3H3/q-1. The Morgan fingerprint density at radius 1 is 1.62 bits per heavy atom. The van der Waals surface area contributed by atoms with Gasteiger partial charge in [0.15, 0.2) is 6.04 Å². The van der Waals surface area contributed by atoms with Gasteiger partial charge in [0.05, 0.1) is 12.1 Å². The molecule has 1 heterocycles. The number of rotatable bonds is 1. The number of allylic oxidation sites excluding steroid dienone is 1. The molecule has 4 nitrogen and oxygen atoms in total. The first-order valence-electron chi connectivity index (χ1n) is 4.09. The normalized spacial score (nSPS) is 28.0. The molecule has 2 unspecified atom stereocenters. The second-order valence-corrected chi connectivity index (χ2v) is 3.17. The fourth-order valence-electron chi connectivity index (χ4n) is 1.26. The number of nitriles is 1. The van der Waals surface area contributed by atoms with Crippen LogP contribution in [0, 0.1) is 16.5 Å². The molecule has 0 aromatic carbocycles. The van der Waals surface area contributed by atoms with Crippen molar-refractivity contribution in [1.82, 2.24) is 5.06 Å². The molecule has 1 aliphatic heterocycles. The van der Waals surface area contributed by atoms with Crippen molar-refractivity contribution in [2.75, 3.05) is 7.05 Å². The number of nitrogens with zero attached hydrogens (tertiary/aromatic N) is 3. The minimum absolute atomic E-state index is 0.436. The van der Waals surface area contributed by atoms with Crippen molar-refractivity contribution >= 4 is 5.71 Å². The van der Waals surface area contributed by atoms with E-state index in [1.807, 2.05) is 19.9 Å². The quantitative estimate of drug-likeness (QED) is 0.565. The smallest absolute Gasteiger partial charge is 0.154 e. The summed E-state index contributed by atoms with van der Waals surface area (Å²) in [4.78, 5) is 4.13. The van der Waals surface area contributed by atoms with Gasteiger partial charge in [0.1, 0.15) is 0 Å². The van der Waals surface area contributed by atoms with Gasteiger partial charge in [0.2, 0.25) is 0 Å². The van der Waals surface area contributed by atoms with Crippen molar-refractivity contribution in [2.45, 2.75) is 25.9 Å². The summed E-state index contributed by atoms with van der Waals surface area (Å²) in [5.41, 5.74) is 1.81. The molecule has 1 aliphatic rings. The lowest BCUT2D eigenvalue weighted by atomic mass is 10.0. The van der Waals surface area contributed by atoms with E-state index < -0.39 is 12.1 Å². The molecule has 0 spiro atoms. The van der Waals surface area contributed by atoms with E-state index in [9.17, 15) is 5.21 Å². The zero-order valence-electron chi connectivity index (χ0n) is 7.98. The summed E-state index contributed by atoms with van der Waals surface area (Å²) in [5, 5.41) is 20.6. The van der Waals surface area contributed by atoms with Gasteiger partial charge >= 0.3 is 0 Å². The van der Waals surface area contributed by atoms with Crippen LogP contribution in [-0.4, -0.2) is 29.9 Å². The molecule has 0 aromatic rings. The third kappa shape index (κ3) is 1.94. The summed E-state index contributed by atoms with van der Waals surface area (Å²) in [5.74, 6) is 0.